The molecule has 0 saturated heterocycles. The molecule has 0 bridgehead atoms. The van der Waals surface area contributed by atoms with E-state index in [0.717, 1.165) is 50.1 Å². The van der Waals surface area contributed by atoms with Crippen molar-refractivity contribution in [2.24, 2.45) is 0 Å². The first-order chi connectivity index (χ1) is 20.4. The van der Waals surface area contributed by atoms with E-state index in [2.05, 4.69) is 161 Å². The molecule has 3 nitrogen and oxygen atoms in total. The Morgan fingerprint density at radius 2 is 0.435 bits per heavy atom. The van der Waals surface area contributed by atoms with Crippen molar-refractivity contribution in [2.75, 3.05) is 0 Å². The molecule has 46 heavy (non-hydrogen) atoms. The lowest BCUT2D eigenvalue weighted by Crippen LogP contribution is -2.22. The summed E-state index contributed by atoms with van der Waals surface area (Å²) in [6, 6.07) is 13.1. The highest BCUT2D eigenvalue weighted by Gasteiger charge is 2.34. The molecule has 3 aromatic carbocycles. The molecule has 0 fully saturated rings. The third-order valence-corrected chi connectivity index (χ3v) is 9.24. The lowest BCUT2D eigenvalue weighted by molar-refractivity contribution is 0.422. The van der Waals surface area contributed by atoms with Crippen LogP contribution in [0, 0.1) is 0 Å². The standard InChI is InChI=1S/C43H64O3/c1-38(2,3)28-19-25(20-29(35(28)44)39(4,5)6)34(26-21-30(40(7,8)9)36(45)31(22-26)41(10,11)12)27-23-32(42(13,14)15)37(46)33(24-27)43(16,17)18/h19-24,34,44-46H,1-18H3. The van der Waals surface area contributed by atoms with Gasteiger partial charge in [-0.25, -0.2) is 0 Å². The van der Waals surface area contributed by atoms with E-state index in [1.807, 2.05) is 0 Å². The summed E-state index contributed by atoms with van der Waals surface area (Å²) in [6.07, 6.45) is 0. The molecule has 3 heteroatoms. The fraction of sp³-hybridized carbons (Fsp3) is 0.581. The molecule has 3 aromatic rings. The van der Waals surface area contributed by atoms with Crippen molar-refractivity contribution in [1.82, 2.24) is 0 Å². The molecule has 0 amide bonds. The van der Waals surface area contributed by atoms with Crippen LogP contribution in [0.3, 0.4) is 0 Å². The second kappa shape index (κ2) is 11.6. The van der Waals surface area contributed by atoms with Crippen LogP contribution in [-0.4, -0.2) is 15.3 Å². The van der Waals surface area contributed by atoms with E-state index >= 15 is 0 Å². The van der Waals surface area contributed by atoms with Crippen LogP contribution < -0.4 is 0 Å². The fourth-order valence-electron chi connectivity index (χ4n) is 6.48. The summed E-state index contributed by atoms with van der Waals surface area (Å²) in [4.78, 5) is 0. The first-order valence-electron chi connectivity index (χ1n) is 17.0. The third kappa shape index (κ3) is 7.61. The number of aromatic hydroxyl groups is 3. The molecule has 254 valence electrons. The predicted octanol–water partition coefficient (Wildman–Crippen LogP) is 11.8. The zero-order valence-corrected chi connectivity index (χ0v) is 32.4. The van der Waals surface area contributed by atoms with Crippen LogP contribution >= 0.6 is 0 Å². The third-order valence-electron chi connectivity index (χ3n) is 9.24. The topological polar surface area (TPSA) is 60.7 Å². The largest absolute Gasteiger partial charge is 0.507 e. The molecule has 0 heterocycles. The van der Waals surface area contributed by atoms with Crippen LogP contribution in [0.1, 0.15) is 181 Å². The van der Waals surface area contributed by atoms with Gasteiger partial charge in [0, 0.05) is 5.92 Å². The van der Waals surface area contributed by atoms with E-state index in [-0.39, 0.29) is 38.4 Å². The normalized spacial score (nSPS) is 13.9. The predicted molar refractivity (Wildman–Crippen MR) is 197 cm³/mol. The summed E-state index contributed by atoms with van der Waals surface area (Å²) in [5, 5.41) is 35.2. The maximum absolute atomic E-state index is 11.7. The summed E-state index contributed by atoms with van der Waals surface area (Å²) < 4.78 is 0. The summed E-state index contributed by atoms with van der Waals surface area (Å²) >= 11 is 0. The lowest BCUT2D eigenvalue weighted by Gasteiger charge is -2.34. The van der Waals surface area contributed by atoms with Crippen molar-refractivity contribution in [3.8, 4) is 17.2 Å². The first kappa shape index (κ1) is 37.5. The second-order valence-corrected chi connectivity index (χ2v) is 19.8. The van der Waals surface area contributed by atoms with Gasteiger partial charge in [-0.1, -0.05) is 161 Å². The highest BCUT2D eigenvalue weighted by atomic mass is 16.3. The number of hydrogen-bond donors (Lipinski definition) is 3. The van der Waals surface area contributed by atoms with Gasteiger partial charge in [0.1, 0.15) is 17.2 Å². The zero-order valence-electron chi connectivity index (χ0n) is 32.4. The molecule has 0 aliphatic heterocycles. The summed E-state index contributed by atoms with van der Waals surface area (Å²) in [5.41, 5.74) is 6.96. The second-order valence-electron chi connectivity index (χ2n) is 19.8. The minimum Gasteiger partial charge on any atom is -0.507 e. The van der Waals surface area contributed by atoms with Crippen molar-refractivity contribution in [2.45, 2.75) is 163 Å². The van der Waals surface area contributed by atoms with Crippen molar-refractivity contribution >= 4 is 0 Å². The van der Waals surface area contributed by atoms with Crippen LogP contribution in [-0.2, 0) is 32.5 Å². The van der Waals surface area contributed by atoms with Gasteiger partial charge in [-0.15, -0.1) is 0 Å². The molecule has 0 spiro atoms. The van der Waals surface area contributed by atoms with Crippen LogP contribution in [0.2, 0.25) is 0 Å². The smallest absolute Gasteiger partial charge is 0.123 e. The Morgan fingerprint density at radius 1 is 0.304 bits per heavy atom. The van der Waals surface area contributed by atoms with Gasteiger partial charge in [0.25, 0.3) is 0 Å². The van der Waals surface area contributed by atoms with Gasteiger partial charge < -0.3 is 15.3 Å². The van der Waals surface area contributed by atoms with Crippen LogP contribution in [0.15, 0.2) is 36.4 Å². The Labute approximate surface area is 281 Å². The fourth-order valence-corrected chi connectivity index (χ4v) is 6.48. The highest BCUT2D eigenvalue weighted by molar-refractivity contribution is 5.60. The van der Waals surface area contributed by atoms with E-state index in [1.54, 1.807) is 0 Å². The van der Waals surface area contributed by atoms with Crippen molar-refractivity contribution in [3.05, 3.63) is 86.5 Å². The van der Waals surface area contributed by atoms with Crippen molar-refractivity contribution < 1.29 is 15.3 Å². The van der Waals surface area contributed by atoms with Crippen molar-refractivity contribution in [3.63, 3.8) is 0 Å². The van der Waals surface area contributed by atoms with E-state index in [9.17, 15) is 15.3 Å². The molecule has 0 unspecified atom stereocenters. The Hall–Kier alpha value is -2.94. The first-order valence-corrected chi connectivity index (χ1v) is 17.0. The summed E-state index contributed by atoms with van der Waals surface area (Å²) in [5.74, 6) is 0.842. The Kier molecular flexibility index (Phi) is 9.49. The maximum atomic E-state index is 11.7. The summed E-state index contributed by atoms with van der Waals surface area (Å²) in [7, 11) is 0. The Bertz CT molecular complexity index is 1300. The van der Waals surface area contributed by atoms with Gasteiger partial charge >= 0.3 is 0 Å². The van der Waals surface area contributed by atoms with E-state index < -0.39 is 0 Å². The number of phenols is 3. The number of rotatable bonds is 3. The molecule has 3 rings (SSSR count). The Balaban J connectivity index is 2.71. The van der Waals surface area contributed by atoms with Crippen molar-refractivity contribution in [1.29, 1.82) is 0 Å². The number of hydrogen-bond acceptors (Lipinski definition) is 3. The maximum Gasteiger partial charge on any atom is 0.123 e. The average Bonchev–Trinajstić information content (AvgIpc) is 2.82. The van der Waals surface area contributed by atoms with Gasteiger partial charge in [-0.3, -0.25) is 0 Å². The lowest BCUT2D eigenvalue weighted by atomic mass is 9.71. The zero-order chi connectivity index (χ0) is 35.7. The number of benzene rings is 3. The van der Waals surface area contributed by atoms with Gasteiger partial charge in [-0.05, 0) is 82.6 Å². The molecule has 0 atom stereocenters. The van der Waals surface area contributed by atoms with Crippen LogP contribution in [0.5, 0.6) is 17.2 Å². The van der Waals surface area contributed by atoms with Gasteiger partial charge in [-0.2, -0.15) is 0 Å². The monoisotopic (exact) mass is 628 g/mol. The van der Waals surface area contributed by atoms with Crippen LogP contribution in [0.4, 0.5) is 0 Å². The molecular weight excluding hydrogens is 564 g/mol. The molecule has 0 aliphatic carbocycles. The minimum absolute atomic E-state index is 0.228. The number of phenolic OH excluding ortho intramolecular Hbond substituents is 3. The molecule has 0 aliphatic rings. The van der Waals surface area contributed by atoms with E-state index in [0.29, 0.717) is 17.2 Å². The van der Waals surface area contributed by atoms with E-state index in [4.69, 9.17) is 0 Å². The van der Waals surface area contributed by atoms with Gasteiger partial charge in [0.15, 0.2) is 0 Å². The Morgan fingerprint density at radius 3 is 0.543 bits per heavy atom. The molecule has 0 aromatic heterocycles. The summed E-state index contributed by atoms with van der Waals surface area (Å²) in [6.45, 7) is 38.7. The molecule has 0 saturated carbocycles. The highest BCUT2D eigenvalue weighted by Crippen LogP contribution is 2.49. The van der Waals surface area contributed by atoms with Gasteiger partial charge in [0.2, 0.25) is 0 Å². The van der Waals surface area contributed by atoms with E-state index in [1.165, 1.54) is 0 Å². The minimum atomic E-state index is -0.297. The molecule has 3 N–H and O–H groups in total. The quantitative estimate of drug-likeness (QED) is 0.253. The molecular formula is C43H64O3. The SMILES string of the molecule is CC(C)(C)c1cc(C(c2cc(C(C)(C)C)c(O)c(C(C)(C)C)c2)c2cc(C(C)(C)C)c(O)c(C(C)(C)C)c2)cc(C(C)(C)C)c1O. The van der Waals surface area contributed by atoms with Gasteiger partial charge in [0.05, 0.1) is 0 Å². The van der Waals surface area contributed by atoms with Crippen LogP contribution in [0.25, 0.3) is 0 Å². The molecule has 0 radical (unpaired) electrons. The average molecular weight is 629 g/mol.